The highest BCUT2D eigenvalue weighted by molar-refractivity contribution is 7.21. The summed E-state index contributed by atoms with van der Waals surface area (Å²) in [4.78, 5) is 15.1. The van der Waals surface area contributed by atoms with Crippen LogP contribution < -0.4 is 10.2 Å². The maximum Gasteiger partial charge on any atom is 0.283 e. The summed E-state index contributed by atoms with van der Waals surface area (Å²) in [5.41, 5.74) is 3.66. The Labute approximate surface area is 143 Å². The highest BCUT2D eigenvalue weighted by atomic mass is 35.5. The molecule has 1 aliphatic heterocycles. The van der Waals surface area contributed by atoms with Crippen LogP contribution in [0, 0.1) is 0 Å². The van der Waals surface area contributed by atoms with E-state index in [-0.39, 0.29) is 5.91 Å². The number of hydrazone groups is 1. The average molecular weight is 352 g/mol. The van der Waals surface area contributed by atoms with Gasteiger partial charge in [0.1, 0.15) is 10.6 Å². The van der Waals surface area contributed by atoms with E-state index in [2.05, 4.69) is 22.5 Å². The Bertz CT molecular complexity index is 762. The fourth-order valence-corrected chi connectivity index (χ4v) is 3.92. The van der Waals surface area contributed by atoms with E-state index in [4.69, 9.17) is 16.3 Å². The number of likely N-dealkylation sites (tertiary alicyclic amines) is 1. The predicted molar refractivity (Wildman–Crippen MR) is 95.0 cm³/mol. The topological polar surface area (TPSA) is 53.9 Å². The van der Waals surface area contributed by atoms with Gasteiger partial charge in [-0.25, -0.2) is 5.43 Å². The van der Waals surface area contributed by atoms with Crippen LogP contribution in [0.15, 0.2) is 23.3 Å². The van der Waals surface area contributed by atoms with Crippen LogP contribution in [0.3, 0.4) is 0 Å². The molecule has 2 heterocycles. The monoisotopic (exact) mass is 351 g/mol. The maximum atomic E-state index is 12.4. The standard InChI is InChI=1S/C16H18ClN3O2S/c1-20-7-5-10(6-8-20)18-19-16(21)15-14(17)12-4-3-11(22-2)9-13(12)23-15/h3-4,9H,5-8H2,1-2H3,(H,19,21). The van der Waals surface area contributed by atoms with E-state index in [1.807, 2.05) is 18.2 Å². The minimum Gasteiger partial charge on any atom is -0.497 e. The number of hydrogen-bond acceptors (Lipinski definition) is 5. The van der Waals surface area contributed by atoms with Gasteiger partial charge in [0, 0.05) is 41.7 Å². The van der Waals surface area contributed by atoms with Gasteiger partial charge in [-0.05, 0) is 25.2 Å². The number of rotatable bonds is 3. The van der Waals surface area contributed by atoms with E-state index in [9.17, 15) is 4.79 Å². The first-order valence-electron chi connectivity index (χ1n) is 7.39. The molecule has 0 saturated carbocycles. The second-order valence-electron chi connectivity index (χ2n) is 5.53. The van der Waals surface area contributed by atoms with E-state index < -0.39 is 0 Å². The predicted octanol–water partition coefficient (Wildman–Crippen LogP) is 3.37. The van der Waals surface area contributed by atoms with Gasteiger partial charge in [-0.3, -0.25) is 4.79 Å². The first-order chi connectivity index (χ1) is 11.1. The Morgan fingerprint density at radius 3 is 2.83 bits per heavy atom. The van der Waals surface area contributed by atoms with Crippen LogP contribution in [0.1, 0.15) is 22.5 Å². The fourth-order valence-electron chi connectivity index (χ4n) is 2.49. The SMILES string of the molecule is COc1ccc2c(Cl)c(C(=O)NN=C3CCN(C)CC3)sc2c1. The van der Waals surface area contributed by atoms with E-state index in [0.29, 0.717) is 9.90 Å². The molecule has 0 atom stereocenters. The van der Waals surface area contributed by atoms with Gasteiger partial charge in [-0.2, -0.15) is 5.10 Å². The number of nitrogens with zero attached hydrogens (tertiary/aromatic N) is 2. The van der Waals surface area contributed by atoms with Gasteiger partial charge < -0.3 is 9.64 Å². The number of carbonyl (C=O) groups excluding carboxylic acids is 1. The Morgan fingerprint density at radius 2 is 2.13 bits per heavy atom. The molecule has 1 aromatic heterocycles. The van der Waals surface area contributed by atoms with Crippen molar-refractivity contribution in [1.82, 2.24) is 10.3 Å². The quantitative estimate of drug-likeness (QED) is 0.862. The first-order valence-corrected chi connectivity index (χ1v) is 8.58. The molecular weight excluding hydrogens is 334 g/mol. The number of nitrogens with one attached hydrogen (secondary N) is 1. The molecule has 3 rings (SSSR count). The van der Waals surface area contributed by atoms with Crippen LogP contribution in [0.5, 0.6) is 5.75 Å². The van der Waals surface area contributed by atoms with Crippen LogP contribution in [0.2, 0.25) is 5.02 Å². The zero-order valence-corrected chi connectivity index (χ0v) is 14.6. The highest BCUT2D eigenvalue weighted by Crippen LogP contribution is 2.37. The Hall–Kier alpha value is -1.63. The number of carbonyl (C=O) groups is 1. The number of hydrogen-bond donors (Lipinski definition) is 1. The van der Waals surface area contributed by atoms with E-state index in [0.717, 1.165) is 47.5 Å². The van der Waals surface area contributed by atoms with Crippen LogP contribution in [0.25, 0.3) is 10.1 Å². The molecule has 0 aliphatic carbocycles. The third-order valence-electron chi connectivity index (χ3n) is 3.92. The van der Waals surface area contributed by atoms with Gasteiger partial charge in [0.2, 0.25) is 0 Å². The third-order valence-corrected chi connectivity index (χ3v) is 5.58. The second kappa shape index (κ2) is 6.86. The van der Waals surface area contributed by atoms with E-state index >= 15 is 0 Å². The summed E-state index contributed by atoms with van der Waals surface area (Å²) in [5.74, 6) is 0.482. The molecule has 7 heteroatoms. The van der Waals surface area contributed by atoms with Gasteiger partial charge in [0.05, 0.1) is 12.1 Å². The van der Waals surface area contributed by atoms with Gasteiger partial charge in [-0.1, -0.05) is 11.6 Å². The minimum absolute atomic E-state index is 0.262. The molecule has 0 unspecified atom stereocenters. The summed E-state index contributed by atoms with van der Waals surface area (Å²) >= 11 is 7.69. The second-order valence-corrected chi connectivity index (χ2v) is 6.96. The molecule has 5 nitrogen and oxygen atoms in total. The van der Waals surface area contributed by atoms with Crippen molar-refractivity contribution in [3.63, 3.8) is 0 Å². The van der Waals surface area contributed by atoms with Crippen molar-refractivity contribution < 1.29 is 9.53 Å². The molecule has 0 bridgehead atoms. The van der Waals surface area contributed by atoms with Crippen molar-refractivity contribution in [2.75, 3.05) is 27.2 Å². The smallest absolute Gasteiger partial charge is 0.283 e. The number of ether oxygens (including phenoxy) is 1. The third kappa shape index (κ3) is 3.49. The van der Waals surface area contributed by atoms with Crippen LogP contribution in [0.4, 0.5) is 0 Å². The van der Waals surface area contributed by atoms with Crippen molar-refractivity contribution in [1.29, 1.82) is 0 Å². The van der Waals surface area contributed by atoms with Crippen molar-refractivity contribution >= 4 is 44.6 Å². The summed E-state index contributed by atoms with van der Waals surface area (Å²) < 4.78 is 6.13. The molecule has 0 spiro atoms. The molecule has 122 valence electrons. The maximum absolute atomic E-state index is 12.4. The largest absolute Gasteiger partial charge is 0.497 e. The summed E-state index contributed by atoms with van der Waals surface area (Å²) in [5, 5.41) is 5.58. The molecule has 23 heavy (non-hydrogen) atoms. The molecule has 1 fully saturated rings. The zero-order valence-electron chi connectivity index (χ0n) is 13.1. The summed E-state index contributed by atoms with van der Waals surface area (Å²) in [7, 11) is 3.70. The summed E-state index contributed by atoms with van der Waals surface area (Å²) in [6.07, 6.45) is 1.77. The molecule has 2 aromatic rings. The fraction of sp³-hybridized carbons (Fsp3) is 0.375. The lowest BCUT2D eigenvalue weighted by atomic mass is 10.1. The van der Waals surface area contributed by atoms with Crippen molar-refractivity contribution in [3.05, 3.63) is 28.1 Å². The minimum atomic E-state index is -0.262. The normalized spacial score (nSPS) is 15.7. The van der Waals surface area contributed by atoms with Crippen molar-refractivity contribution in [2.24, 2.45) is 5.10 Å². The lowest BCUT2D eigenvalue weighted by Gasteiger charge is -2.22. The van der Waals surface area contributed by atoms with Crippen LogP contribution in [-0.4, -0.2) is 43.8 Å². The lowest BCUT2D eigenvalue weighted by Crippen LogP contribution is -2.31. The molecule has 1 aromatic carbocycles. The summed E-state index contributed by atoms with van der Waals surface area (Å²) in [6.45, 7) is 1.94. The molecule has 0 radical (unpaired) electrons. The number of piperidine rings is 1. The molecule has 1 aliphatic rings. The van der Waals surface area contributed by atoms with E-state index in [1.54, 1.807) is 7.11 Å². The van der Waals surface area contributed by atoms with Gasteiger partial charge in [0.25, 0.3) is 5.91 Å². The lowest BCUT2D eigenvalue weighted by molar-refractivity contribution is 0.0958. The van der Waals surface area contributed by atoms with Crippen LogP contribution in [-0.2, 0) is 0 Å². The highest BCUT2D eigenvalue weighted by Gasteiger charge is 2.18. The van der Waals surface area contributed by atoms with Gasteiger partial charge in [-0.15, -0.1) is 11.3 Å². The van der Waals surface area contributed by atoms with Gasteiger partial charge >= 0.3 is 0 Å². The Balaban J connectivity index is 1.78. The number of fused-ring (bicyclic) bond motifs is 1. The molecule has 1 amide bonds. The Morgan fingerprint density at radius 1 is 1.39 bits per heavy atom. The summed E-state index contributed by atoms with van der Waals surface area (Å²) in [6, 6.07) is 5.58. The molecule has 1 saturated heterocycles. The van der Waals surface area contributed by atoms with E-state index in [1.165, 1.54) is 11.3 Å². The number of methoxy groups -OCH3 is 1. The van der Waals surface area contributed by atoms with Crippen LogP contribution >= 0.6 is 22.9 Å². The zero-order chi connectivity index (χ0) is 16.4. The number of benzene rings is 1. The van der Waals surface area contributed by atoms with Crippen molar-refractivity contribution in [3.8, 4) is 5.75 Å². The molecular formula is C16H18ClN3O2S. The number of amides is 1. The van der Waals surface area contributed by atoms with Gasteiger partial charge in [0.15, 0.2) is 0 Å². The average Bonchev–Trinajstić information content (AvgIpc) is 2.90. The van der Waals surface area contributed by atoms with Crippen molar-refractivity contribution in [2.45, 2.75) is 12.8 Å². The Kier molecular flexibility index (Phi) is 4.84. The molecule has 1 N–H and O–H groups in total. The first kappa shape index (κ1) is 16.2. The number of thiophene rings is 1. The number of halogens is 1.